The maximum Gasteiger partial charge on any atom is 0.239 e. The lowest BCUT2D eigenvalue weighted by molar-refractivity contribution is -0.120. The summed E-state index contributed by atoms with van der Waals surface area (Å²) in [6.45, 7) is 4.12. The van der Waals surface area contributed by atoms with Crippen molar-refractivity contribution in [1.82, 2.24) is 15.3 Å². The zero-order valence-electron chi connectivity index (χ0n) is 9.27. The molecule has 1 amide bonds. The van der Waals surface area contributed by atoms with E-state index < -0.39 is 0 Å². The Hall–Kier alpha value is -1.65. The van der Waals surface area contributed by atoms with Gasteiger partial charge in [0.15, 0.2) is 0 Å². The predicted molar refractivity (Wildman–Crippen MR) is 58.6 cm³/mol. The average molecular weight is 208 g/mol. The molecule has 82 valence electrons. The number of hydrogen-bond acceptors (Lipinski definition) is 4. The molecule has 1 aromatic heterocycles. The smallest absolute Gasteiger partial charge is 0.239 e. The molecule has 0 aliphatic rings. The van der Waals surface area contributed by atoms with Crippen LogP contribution in [0.2, 0.25) is 0 Å². The fourth-order valence-corrected chi connectivity index (χ4v) is 1.14. The van der Waals surface area contributed by atoms with Crippen molar-refractivity contribution in [3.8, 4) is 0 Å². The number of carbonyl (C=O) groups is 1. The lowest BCUT2D eigenvalue weighted by atomic mass is 10.4. The first-order chi connectivity index (χ1) is 7.09. The molecular formula is C10H16N4O. The van der Waals surface area contributed by atoms with Crippen LogP contribution in [0.3, 0.4) is 0 Å². The van der Waals surface area contributed by atoms with E-state index in [1.54, 1.807) is 30.4 Å². The van der Waals surface area contributed by atoms with E-state index >= 15 is 0 Å². The SMILES string of the molecule is CC(C)NC(=O)CN(C)c1ncccn1. The lowest BCUT2D eigenvalue weighted by Gasteiger charge is -2.17. The molecule has 0 spiro atoms. The Morgan fingerprint density at radius 3 is 2.60 bits per heavy atom. The molecule has 0 unspecified atom stereocenters. The van der Waals surface area contributed by atoms with Gasteiger partial charge in [0.2, 0.25) is 11.9 Å². The minimum atomic E-state index is -0.0278. The first kappa shape index (κ1) is 11.4. The molecule has 1 heterocycles. The minimum Gasteiger partial charge on any atom is -0.352 e. The third kappa shape index (κ3) is 3.93. The number of anilines is 1. The Kier molecular flexibility index (Phi) is 4.03. The molecule has 0 saturated carbocycles. The summed E-state index contributed by atoms with van der Waals surface area (Å²) in [6.07, 6.45) is 3.30. The number of amides is 1. The number of nitrogens with one attached hydrogen (secondary N) is 1. The van der Waals surface area contributed by atoms with Crippen LogP contribution in [-0.4, -0.2) is 35.5 Å². The van der Waals surface area contributed by atoms with E-state index in [0.717, 1.165) is 0 Å². The molecule has 1 N–H and O–H groups in total. The van der Waals surface area contributed by atoms with Crippen LogP contribution in [0.5, 0.6) is 0 Å². The number of nitrogens with zero attached hydrogens (tertiary/aromatic N) is 3. The standard InChI is InChI=1S/C10H16N4O/c1-8(2)13-9(15)7-14(3)10-11-5-4-6-12-10/h4-6,8H,7H2,1-3H3,(H,13,15). The van der Waals surface area contributed by atoms with Crippen LogP contribution < -0.4 is 10.2 Å². The van der Waals surface area contributed by atoms with Gasteiger partial charge < -0.3 is 10.2 Å². The van der Waals surface area contributed by atoms with Gasteiger partial charge in [0.25, 0.3) is 0 Å². The van der Waals surface area contributed by atoms with Crippen molar-refractivity contribution in [3.63, 3.8) is 0 Å². The lowest BCUT2D eigenvalue weighted by Crippen LogP contribution is -2.39. The molecule has 0 aromatic carbocycles. The van der Waals surface area contributed by atoms with E-state index in [2.05, 4.69) is 15.3 Å². The van der Waals surface area contributed by atoms with Crippen LogP contribution in [0.15, 0.2) is 18.5 Å². The zero-order chi connectivity index (χ0) is 11.3. The summed E-state index contributed by atoms with van der Waals surface area (Å²) in [5.74, 6) is 0.524. The normalized spacial score (nSPS) is 10.1. The fraction of sp³-hybridized carbons (Fsp3) is 0.500. The van der Waals surface area contributed by atoms with E-state index in [9.17, 15) is 4.79 Å². The molecule has 0 saturated heterocycles. The molecule has 15 heavy (non-hydrogen) atoms. The van der Waals surface area contributed by atoms with Crippen molar-refractivity contribution in [3.05, 3.63) is 18.5 Å². The Labute approximate surface area is 89.5 Å². The van der Waals surface area contributed by atoms with Crippen molar-refractivity contribution >= 4 is 11.9 Å². The molecule has 0 atom stereocenters. The van der Waals surface area contributed by atoms with Crippen LogP contribution in [-0.2, 0) is 4.79 Å². The fourth-order valence-electron chi connectivity index (χ4n) is 1.14. The summed E-state index contributed by atoms with van der Waals surface area (Å²) in [5, 5.41) is 2.81. The highest BCUT2D eigenvalue weighted by Gasteiger charge is 2.09. The van der Waals surface area contributed by atoms with E-state index in [-0.39, 0.29) is 18.5 Å². The Balaban J connectivity index is 2.49. The second-order valence-electron chi connectivity index (χ2n) is 3.63. The maximum atomic E-state index is 11.4. The van der Waals surface area contributed by atoms with E-state index in [1.807, 2.05) is 13.8 Å². The maximum absolute atomic E-state index is 11.4. The average Bonchev–Trinajstić information content (AvgIpc) is 2.17. The topological polar surface area (TPSA) is 58.1 Å². The highest BCUT2D eigenvalue weighted by molar-refractivity contribution is 5.80. The van der Waals surface area contributed by atoms with Crippen molar-refractivity contribution in [1.29, 1.82) is 0 Å². The molecule has 0 bridgehead atoms. The molecule has 5 nitrogen and oxygen atoms in total. The van der Waals surface area contributed by atoms with Crippen LogP contribution in [0.4, 0.5) is 5.95 Å². The predicted octanol–water partition coefficient (Wildman–Crippen LogP) is 0.437. The van der Waals surface area contributed by atoms with Crippen LogP contribution >= 0.6 is 0 Å². The first-order valence-corrected chi connectivity index (χ1v) is 4.87. The summed E-state index contributed by atoms with van der Waals surface area (Å²) in [7, 11) is 1.79. The molecule has 1 rings (SSSR count). The van der Waals surface area contributed by atoms with E-state index in [0.29, 0.717) is 5.95 Å². The first-order valence-electron chi connectivity index (χ1n) is 4.87. The summed E-state index contributed by atoms with van der Waals surface area (Å²) < 4.78 is 0. The highest BCUT2D eigenvalue weighted by atomic mass is 16.2. The van der Waals surface area contributed by atoms with Gasteiger partial charge in [-0.1, -0.05) is 0 Å². The van der Waals surface area contributed by atoms with Crippen molar-refractivity contribution < 1.29 is 4.79 Å². The van der Waals surface area contributed by atoms with Gasteiger partial charge in [0.1, 0.15) is 0 Å². The second-order valence-corrected chi connectivity index (χ2v) is 3.63. The van der Waals surface area contributed by atoms with Crippen LogP contribution in [0.25, 0.3) is 0 Å². The van der Waals surface area contributed by atoms with Gasteiger partial charge in [0, 0.05) is 25.5 Å². The van der Waals surface area contributed by atoms with Crippen molar-refractivity contribution in [2.24, 2.45) is 0 Å². The Morgan fingerprint density at radius 1 is 1.47 bits per heavy atom. The molecule has 5 heteroatoms. The summed E-state index contributed by atoms with van der Waals surface area (Å²) in [6, 6.07) is 1.90. The second kappa shape index (κ2) is 5.29. The summed E-state index contributed by atoms with van der Waals surface area (Å²) in [5.41, 5.74) is 0. The van der Waals surface area contributed by atoms with Gasteiger partial charge in [-0.3, -0.25) is 4.79 Å². The third-order valence-electron chi connectivity index (χ3n) is 1.72. The largest absolute Gasteiger partial charge is 0.352 e. The summed E-state index contributed by atoms with van der Waals surface area (Å²) in [4.78, 5) is 21.2. The molecule has 1 aromatic rings. The van der Waals surface area contributed by atoms with Gasteiger partial charge in [0.05, 0.1) is 6.54 Å². The van der Waals surface area contributed by atoms with Gasteiger partial charge in [-0.15, -0.1) is 0 Å². The monoisotopic (exact) mass is 208 g/mol. The van der Waals surface area contributed by atoms with Gasteiger partial charge in [-0.2, -0.15) is 0 Å². The minimum absolute atomic E-state index is 0.0278. The summed E-state index contributed by atoms with van der Waals surface area (Å²) >= 11 is 0. The molecule has 0 aliphatic carbocycles. The molecule has 0 aliphatic heterocycles. The Bertz CT molecular complexity index is 312. The van der Waals surface area contributed by atoms with Gasteiger partial charge >= 0.3 is 0 Å². The van der Waals surface area contributed by atoms with Crippen LogP contribution in [0.1, 0.15) is 13.8 Å². The van der Waals surface area contributed by atoms with E-state index in [4.69, 9.17) is 0 Å². The van der Waals surface area contributed by atoms with E-state index in [1.165, 1.54) is 0 Å². The number of aromatic nitrogens is 2. The Morgan fingerprint density at radius 2 is 2.07 bits per heavy atom. The van der Waals surface area contributed by atoms with Gasteiger partial charge in [-0.25, -0.2) is 9.97 Å². The molecular weight excluding hydrogens is 192 g/mol. The number of hydrogen-bond donors (Lipinski definition) is 1. The quantitative estimate of drug-likeness (QED) is 0.780. The zero-order valence-corrected chi connectivity index (χ0v) is 9.27. The third-order valence-corrected chi connectivity index (χ3v) is 1.72. The van der Waals surface area contributed by atoms with Crippen LogP contribution in [0, 0.1) is 0 Å². The van der Waals surface area contributed by atoms with Gasteiger partial charge in [-0.05, 0) is 19.9 Å². The van der Waals surface area contributed by atoms with Crippen molar-refractivity contribution in [2.75, 3.05) is 18.5 Å². The number of rotatable bonds is 4. The molecule has 0 fully saturated rings. The number of carbonyl (C=O) groups excluding carboxylic acids is 1. The molecule has 0 radical (unpaired) electrons. The highest BCUT2D eigenvalue weighted by Crippen LogP contribution is 2.00. The van der Waals surface area contributed by atoms with Crippen molar-refractivity contribution in [2.45, 2.75) is 19.9 Å². The number of likely N-dealkylation sites (N-methyl/N-ethyl adjacent to an activating group) is 1.